The van der Waals surface area contributed by atoms with Crippen molar-refractivity contribution in [2.75, 3.05) is 24.7 Å². The molecule has 3 aromatic rings. The van der Waals surface area contributed by atoms with Gasteiger partial charge in [0.2, 0.25) is 0 Å². The van der Waals surface area contributed by atoms with Crippen molar-refractivity contribution >= 4 is 33.9 Å². The number of anilines is 1. The summed E-state index contributed by atoms with van der Waals surface area (Å²) in [7, 11) is 0. The lowest BCUT2D eigenvalue weighted by Gasteiger charge is -2.24. The van der Waals surface area contributed by atoms with Crippen LogP contribution in [-0.2, 0) is 9.59 Å². The highest BCUT2D eigenvalue weighted by Gasteiger charge is 2.48. The van der Waals surface area contributed by atoms with Gasteiger partial charge in [0.25, 0.3) is 5.78 Å². The number of hydrogen-bond donors (Lipinski definition) is 1. The van der Waals surface area contributed by atoms with E-state index < -0.39 is 17.7 Å². The van der Waals surface area contributed by atoms with Crippen LogP contribution in [0.3, 0.4) is 0 Å². The van der Waals surface area contributed by atoms with E-state index in [1.807, 2.05) is 20.8 Å². The van der Waals surface area contributed by atoms with Crippen LogP contribution in [0.25, 0.3) is 5.76 Å². The molecular weight excluding hydrogens is 492 g/mol. The minimum absolute atomic E-state index is 0.0212. The first-order chi connectivity index (χ1) is 18.0. The predicted octanol–water partition coefficient (Wildman–Crippen LogP) is 5.75. The van der Waals surface area contributed by atoms with Gasteiger partial charge in [-0.15, -0.1) is 11.3 Å². The van der Waals surface area contributed by atoms with Crippen molar-refractivity contribution in [3.05, 3.63) is 70.7 Å². The molecule has 1 atom stereocenters. The van der Waals surface area contributed by atoms with Gasteiger partial charge in [0.1, 0.15) is 11.5 Å². The Morgan fingerprint density at radius 3 is 2.35 bits per heavy atom. The van der Waals surface area contributed by atoms with Crippen LogP contribution < -0.4 is 19.1 Å². The molecular formula is C28H30N2O6S. The van der Waals surface area contributed by atoms with E-state index in [1.54, 1.807) is 54.0 Å². The third-order valence-electron chi connectivity index (χ3n) is 5.72. The number of carbonyl (C=O) groups is 2. The second kappa shape index (κ2) is 11.9. The highest BCUT2D eigenvalue weighted by molar-refractivity contribution is 7.14. The van der Waals surface area contributed by atoms with Crippen LogP contribution in [0.5, 0.6) is 17.2 Å². The maximum atomic E-state index is 13.3. The topological polar surface area (TPSA) is 98.2 Å². The summed E-state index contributed by atoms with van der Waals surface area (Å²) in [5, 5.41) is 13.4. The number of amides is 1. The zero-order chi connectivity index (χ0) is 26.4. The van der Waals surface area contributed by atoms with E-state index in [4.69, 9.17) is 14.2 Å². The molecule has 9 heteroatoms. The molecule has 1 saturated heterocycles. The number of ketones is 1. The van der Waals surface area contributed by atoms with E-state index in [-0.39, 0.29) is 11.3 Å². The van der Waals surface area contributed by atoms with Crippen LogP contribution in [0.4, 0.5) is 5.13 Å². The zero-order valence-corrected chi connectivity index (χ0v) is 21.9. The molecule has 1 N–H and O–H groups in total. The fraction of sp³-hybridized carbons (Fsp3) is 0.321. The Labute approximate surface area is 220 Å². The van der Waals surface area contributed by atoms with Gasteiger partial charge in [0.15, 0.2) is 16.6 Å². The molecule has 1 amide bonds. The van der Waals surface area contributed by atoms with Gasteiger partial charge in [-0.05, 0) is 61.7 Å². The molecule has 0 saturated carbocycles. The average Bonchev–Trinajstić information content (AvgIpc) is 3.53. The number of aliphatic hydroxyl groups is 1. The molecule has 4 rings (SSSR count). The molecule has 2 aromatic carbocycles. The molecule has 1 aromatic heterocycles. The summed E-state index contributed by atoms with van der Waals surface area (Å²) < 4.78 is 17.3. The van der Waals surface area contributed by atoms with Gasteiger partial charge in [-0.2, -0.15) is 0 Å². The lowest BCUT2D eigenvalue weighted by molar-refractivity contribution is -0.132. The number of aliphatic hydroxyl groups excluding tert-OH is 1. The second-order valence-corrected chi connectivity index (χ2v) is 9.22. The molecule has 2 heterocycles. The van der Waals surface area contributed by atoms with Crippen molar-refractivity contribution in [1.82, 2.24) is 4.98 Å². The highest BCUT2D eigenvalue weighted by Crippen LogP contribution is 2.44. The quantitative estimate of drug-likeness (QED) is 0.195. The van der Waals surface area contributed by atoms with Crippen molar-refractivity contribution < 1.29 is 28.9 Å². The molecule has 0 radical (unpaired) electrons. The van der Waals surface area contributed by atoms with Gasteiger partial charge < -0.3 is 19.3 Å². The minimum Gasteiger partial charge on any atom is -0.507 e. The maximum Gasteiger partial charge on any atom is 0.301 e. The van der Waals surface area contributed by atoms with Gasteiger partial charge in [-0.25, -0.2) is 4.98 Å². The van der Waals surface area contributed by atoms with Gasteiger partial charge in [-0.1, -0.05) is 19.9 Å². The van der Waals surface area contributed by atoms with Crippen molar-refractivity contribution in [2.45, 2.75) is 39.7 Å². The van der Waals surface area contributed by atoms with Crippen LogP contribution >= 0.6 is 11.3 Å². The first-order valence-corrected chi connectivity index (χ1v) is 13.2. The summed E-state index contributed by atoms with van der Waals surface area (Å²) >= 11 is 1.24. The number of rotatable bonds is 11. The smallest absolute Gasteiger partial charge is 0.301 e. The Bertz CT molecular complexity index is 1270. The molecule has 0 spiro atoms. The molecule has 194 valence electrons. The normalized spacial score (nSPS) is 16.7. The van der Waals surface area contributed by atoms with Gasteiger partial charge in [0.05, 0.1) is 31.4 Å². The lowest BCUT2D eigenvalue weighted by Crippen LogP contribution is -2.29. The van der Waals surface area contributed by atoms with Crippen molar-refractivity contribution in [2.24, 2.45) is 0 Å². The fourth-order valence-corrected chi connectivity index (χ4v) is 4.73. The van der Waals surface area contributed by atoms with E-state index in [1.165, 1.54) is 16.2 Å². The highest BCUT2D eigenvalue weighted by atomic mass is 32.1. The first kappa shape index (κ1) is 26.2. The largest absolute Gasteiger partial charge is 0.507 e. The van der Waals surface area contributed by atoms with E-state index in [0.29, 0.717) is 53.3 Å². The number of Topliss-reactive ketones (excluding diaryl/α,β-unsaturated/α-hetero) is 1. The number of carbonyl (C=O) groups excluding carboxylic acids is 2. The zero-order valence-electron chi connectivity index (χ0n) is 21.1. The van der Waals surface area contributed by atoms with E-state index in [9.17, 15) is 14.7 Å². The lowest BCUT2D eigenvalue weighted by atomic mass is 9.95. The Hall–Kier alpha value is -3.85. The Kier molecular flexibility index (Phi) is 8.45. The van der Waals surface area contributed by atoms with Gasteiger partial charge in [0, 0.05) is 17.1 Å². The molecule has 1 unspecified atom stereocenters. The van der Waals surface area contributed by atoms with Crippen LogP contribution in [-0.4, -0.2) is 41.6 Å². The maximum absolute atomic E-state index is 13.3. The number of nitrogens with zero attached hydrogens (tertiary/aromatic N) is 2. The molecule has 1 aliphatic heterocycles. The van der Waals surface area contributed by atoms with E-state index in [2.05, 4.69) is 4.98 Å². The summed E-state index contributed by atoms with van der Waals surface area (Å²) in [6.07, 6.45) is 3.27. The molecule has 37 heavy (non-hydrogen) atoms. The second-order valence-electron chi connectivity index (χ2n) is 8.34. The third-order valence-corrected chi connectivity index (χ3v) is 6.49. The van der Waals surface area contributed by atoms with Crippen LogP contribution in [0, 0.1) is 0 Å². The fourth-order valence-electron chi connectivity index (χ4n) is 4.06. The first-order valence-electron chi connectivity index (χ1n) is 12.3. The van der Waals surface area contributed by atoms with Crippen molar-refractivity contribution in [3.63, 3.8) is 0 Å². The summed E-state index contributed by atoms with van der Waals surface area (Å²) in [6, 6.07) is 11.2. The third kappa shape index (κ3) is 5.46. The minimum atomic E-state index is -0.901. The number of benzene rings is 2. The number of aromatic nitrogens is 1. The van der Waals surface area contributed by atoms with E-state index >= 15 is 0 Å². The Morgan fingerprint density at radius 2 is 1.70 bits per heavy atom. The Morgan fingerprint density at radius 1 is 0.973 bits per heavy atom. The van der Waals surface area contributed by atoms with Crippen molar-refractivity contribution in [3.8, 4) is 17.2 Å². The number of hydrogen-bond acceptors (Lipinski definition) is 8. The van der Waals surface area contributed by atoms with Crippen LogP contribution in [0.15, 0.2) is 59.6 Å². The summed E-state index contributed by atoms with van der Waals surface area (Å²) in [5.41, 5.74) is 0.970. The van der Waals surface area contributed by atoms with Gasteiger partial charge >= 0.3 is 5.91 Å². The average molecular weight is 523 g/mol. The predicted molar refractivity (Wildman–Crippen MR) is 143 cm³/mol. The summed E-state index contributed by atoms with van der Waals surface area (Å²) in [6.45, 7) is 7.40. The SMILES string of the molecule is CCCOc1ccc(/C(O)=C2\C(=O)C(=O)N(c3nccs3)C2c2ccc(OCCC)c(OCC)c2)cc1. The van der Waals surface area contributed by atoms with E-state index in [0.717, 1.165) is 12.8 Å². The standard InChI is InChI=1S/C28H30N2O6S/c1-4-14-35-20-10-7-18(8-11-20)25(31)23-24(30(27(33)26(23)32)28-29-13-16-37-28)19-9-12-21(36-15-5-2)22(17-19)34-6-3/h7-13,16-17,24,31H,4-6,14-15H2,1-3H3/b25-23+. The van der Waals surface area contributed by atoms with Crippen molar-refractivity contribution in [1.29, 1.82) is 0 Å². The monoisotopic (exact) mass is 522 g/mol. The van der Waals surface area contributed by atoms with Crippen LogP contribution in [0.1, 0.15) is 50.8 Å². The van der Waals surface area contributed by atoms with Gasteiger partial charge in [-0.3, -0.25) is 14.5 Å². The molecule has 8 nitrogen and oxygen atoms in total. The molecule has 1 aliphatic rings. The molecule has 0 aliphatic carbocycles. The summed E-state index contributed by atoms with van der Waals surface area (Å²) in [4.78, 5) is 32.2. The Balaban J connectivity index is 1.83. The molecule has 1 fully saturated rings. The molecule has 0 bridgehead atoms. The summed E-state index contributed by atoms with van der Waals surface area (Å²) in [5.74, 6) is -0.0882. The number of ether oxygens (including phenoxy) is 3. The van der Waals surface area contributed by atoms with Crippen LogP contribution in [0.2, 0.25) is 0 Å². The number of thiazole rings is 1.